The summed E-state index contributed by atoms with van der Waals surface area (Å²) in [5.41, 5.74) is 0.751. The van der Waals surface area contributed by atoms with Crippen molar-refractivity contribution in [2.24, 2.45) is 0 Å². The largest absolute Gasteiger partial charge is 0.593 e. The van der Waals surface area contributed by atoms with Crippen LogP contribution >= 0.6 is 0 Å². The van der Waals surface area contributed by atoms with Crippen molar-refractivity contribution in [3.8, 4) is 0 Å². The van der Waals surface area contributed by atoms with E-state index in [2.05, 4.69) is 19.8 Å². The first-order valence-electron chi connectivity index (χ1n) is 9.15. The Morgan fingerprint density at radius 2 is 1.89 bits per heavy atom. The van der Waals surface area contributed by atoms with E-state index in [0.29, 0.717) is 17.4 Å². The number of sulfonamides is 1. The number of rotatable bonds is 5. The molecule has 27 heavy (non-hydrogen) atoms. The lowest BCUT2D eigenvalue weighted by molar-refractivity contribution is 0.453. The summed E-state index contributed by atoms with van der Waals surface area (Å²) in [5.74, 6) is 2.21. The number of hydrogen-bond acceptors (Lipinski definition) is 6. The zero-order chi connectivity index (χ0) is 18.4. The van der Waals surface area contributed by atoms with Gasteiger partial charge in [-0.05, 0) is 43.5 Å². The van der Waals surface area contributed by atoms with Crippen LogP contribution in [0.15, 0.2) is 47.4 Å². The van der Waals surface area contributed by atoms with Crippen molar-refractivity contribution >= 4 is 21.9 Å². The number of anilines is 1. The van der Waals surface area contributed by atoms with Crippen molar-refractivity contribution in [1.82, 2.24) is 24.5 Å². The molecule has 3 aromatic rings. The molecule has 5 rings (SSSR count). The highest BCUT2D eigenvalue weighted by Crippen LogP contribution is 2.38. The third-order valence-electron chi connectivity index (χ3n) is 5.10. The summed E-state index contributed by atoms with van der Waals surface area (Å²) < 4.78 is 29.7. The van der Waals surface area contributed by atoms with Crippen molar-refractivity contribution in [1.29, 1.82) is 0 Å². The number of fused-ring (bicyclic) bond motifs is 1. The second-order valence-corrected chi connectivity index (χ2v) is 8.87. The molecule has 0 bridgehead atoms. The average Bonchev–Trinajstić information content (AvgIpc) is 3.27. The monoisotopic (exact) mass is 384 g/mol. The third kappa shape index (κ3) is 3.22. The zero-order valence-corrected chi connectivity index (χ0v) is 15.5. The molecule has 0 spiro atoms. The Balaban J connectivity index is 1.33. The van der Waals surface area contributed by atoms with Gasteiger partial charge in [-0.2, -0.15) is 4.52 Å². The zero-order valence-electron chi connectivity index (χ0n) is 14.7. The molecule has 8 nitrogen and oxygen atoms in total. The molecular weight excluding hydrogens is 364 g/mol. The van der Waals surface area contributed by atoms with Gasteiger partial charge >= 0.3 is 0 Å². The topological polar surface area (TPSA) is 98.5 Å². The predicted molar refractivity (Wildman–Crippen MR) is 100 cm³/mol. The van der Waals surface area contributed by atoms with Gasteiger partial charge in [-0.1, -0.05) is 22.4 Å². The number of benzene rings is 1. The molecule has 1 aromatic carbocycles. The predicted octanol–water partition coefficient (Wildman–Crippen LogP) is 1.77. The van der Waals surface area contributed by atoms with E-state index in [-0.39, 0.29) is 6.04 Å². The van der Waals surface area contributed by atoms with Gasteiger partial charge in [0.2, 0.25) is 0 Å². The van der Waals surface area contributed by atoms with Crippen LogP contribution in [0.4, 0.5) is 5.82 Å². The number of aromatic nitrogens is 4. The normalized spacial score (nSPS) is 22.3. The SMILES string of the molecule is O=[S+]([O-])(NC1CCN(c2ccc3nnc(C4CC4)n3n2)C1)c1ccccc1. The summed E-state index contributed by atoms with van der Waals surface area (Å²) in [5, 5.41) is 13.2. The highest BCUT2D eigenvalue weighted by atomic mass is 32.3. The highest BCUT2D eigenvalue weighted by molar-refractivity contribution is 7.95. The summed E-state index contributed by atoms with van der Waals surface area (Å²) >= 11 is 0. The van der Waals surface area contributed by atoms with Crippen molar-refractivity contribution in [3.05, 3.63) is 48.3 Å². The van der Waals surface area contributed by atoms with Gasteiger partial charge in [0.05, 0.1) is 6.04 Å². The van der Waals surface area contributed by atoms with E-state index in [9.17, 15) is 8.76 Å². The Labute approximate surface area is 158 Å². The minimum Gasteiger partial charge on any atom is -0.593 e. The summed E-state index contributed by atoms with van der Waals surface area (Å²) in [6, 6.07) is 12.2. The van der Waals surface area contributed by atoms with Crippen molar-refractivity contribution in [2.45, 2.75) is 36.1 Å². The fourth-order valence-corrected chi connectivity index (χ4v) is 4.79. The van der Waals surface area contributed by atoms with Crippen LogP contribution < -0.4 is 9.62 Å². The van der Waals surface area contributed by atoms with Crippen molar-refractivity contribution in [3.63, 3.8) is 0 Å². The number of nitrogens with zero attached hydrogens (tertiary/aromatic N) is 5. The summed E-state index contributed by atoms with van der Waals surface area (Å²) in [4.78, 5) is 2.40. The quantitative estimate of drug-likeness (QED) is 0.673. The van der Waals surface area contributed by atoms with Crippen molar-refractivity contribution in [2.75, 3.05) is 18.0 Å². The third-order valence-corrected chi connectivity index (χ3v) is 6.64. The van der Waals surface area contributed by atoms with Gasteiger partial charge in [-0.25, -0.2) is 0 Å². The van der Waals surface area contributed by atoms with Gasteiger partial charge in [0.25, 0.3) is 0 Å². The molecule has 1 aliphatic heterocycles. The second-order valence-electron chi connectivity index (χ2n) is 7.16. The molecule has 2 fully saturated rings. The van der Waals surface area contributed by atoms with Crippen LogP contribution in [0.2, 0.25) is 0 Å². The van der Waals surface area contributed by atoms with Gasteiger partial charge in [0.1, 0.15) is 5.82 Å². The van der Waals surface area contributed by atoms with E-state index < -0.39 is 10.4 Å². The maximum Gasteiger partial charge on any atom is 0.178 e. The van der Waals surface area contributed by atoms with Gasteiger partial charge in [-0.3, -0.25) is 0 Å². The molecule has 2 atom stereocenters. The Kier molecular flexibility index (Phi) is 3.96. The first-order chi connectivity index (χ1) is 13.1. The molecule has 1 saturated carbocycles. The minimum absolute atomic E-state index is 0.142. The number of nitrogens with one attached hydrogen (secondary N) is 1. The number of hydrogen-bond donors (Lipinski definition) is 1. The van der Waals surface area contributed by atoms with E-state index in [0.717, 1.165) is 43.1 Å². The van der Waals surface area contributed by atoms with Crippen LogP contribution in [0.3, 0.4) is 0 Å². The summed E-state index contributed by atoms with van der Waals surface area (Å²) in [7, 11) is -3.51. The van der Waals surface area contributed by atoms with Gasteiger partial charge < -0.3 is 9.45 Å². The van der Waals surface area contributed by atoms with E-state index in [1.807, 2.05) is 16.6 Å². The smallest absolute Gasteiger partial charge is 0.178 e. The molecule has 2 aromatic heterocycles. The van der Waals surface area contributed by atoms with Gasteiger partial charge in [0, 0.05) is 19.0 Å². The van der Waals surface area contributed by atoms with Crippen LogP contribution in [0.25, 0.3) is 5.65 Å². The van der Waals surface area contributed by atoms with Crippen LogP contribution in [-0.4, -0.2) is 43.5 Å². The lowest BCUT2D eigenvalue weighted by Crippen LogP contribution is -2.41. The van der Waals surface area contributed by atoms with E-state index in [4.69, 9.17) is 5.10 Å². The van der Waals surface area contributed by atoms with Crippen LogP contribution in [0.5, 0.6) is 0 Å². The molecular formula is C18H20N6O2S. The molecule has 2 unspecified atom stereocenters. The van der Waals surface area contributed by atoms with Crippen LogP contribution in [0, 0.1) is 0 Å². The Bertz CT molecular complexity index is 1020. The Hall–Kier alpha value is -2.36. The molecule has 1 aliphatic carbocycles. The average molecular weight is 384 g/mol. The molecule has 2 aliphatic rings. The molecule has 0 radical (unpaired) electrons. The first kappa shape index (κ1) is 16.8. The lowest BCUT2D eigenvalue weighted by Gasteiger charge is -2.20. The highest BCUT2D eigenvalue weighted by Gasteiger charge is 2.32. The van der Waals surface area contributed by atoms with Gasteiger partial charge in [0.15, 0.2) is 26.8 Å². The van der Waals surface area contributed by atoms with E-state index in [1.165, 1.54) is 0 Å². The van der Waals surface area contributed by atoms with Gasteiger partial charge in [-0.15, -0.1) is 20.0 Å². The lowest BCUT2D eigenvalue weighted by atomic mass is 10.3. The second kappa shape index (κ2) is 6.36. The Morgan fingerprint density at radius 3 is 2.67 bits per heavy atom. The van der Waals surface area contributed by atoms with Crippen LogP contribution in [-0.2, 0) is 14.6 Å². The molecule has 140 valence electrons. The Morgan fingerprint density at radius 1 is 1.07 bits per heavy atom. The maximum atomic E-state index is 12.5. The fourth-order valence-electron chi connectivity index (χ4n) is 3.51. The van der Waals surface area contributed by atoms with Crippen molar-refractivity contribution < 1.29 is 8.76 Å². The van der Waals surface area contributed by atoms with Crippen LogP contribution in [0.1, 0.15) is 31.0 Å². The summed E-state index contributed by atoms with van der Waals surface area (Å²) in [6.07, 6.45) is 3.02. The first-order valence-corrected chi connectivity index (χ1v) is 10.6. The molecule has 1 saturated heterocycles. The molecule has 3 heterocycles. The molecule has 0 amide bonds. The summed E-state index contributed by atoms with van der Waals surface area (Å²) in [6.45, 7) is 1.34. The molecule has 1 N–H and O–H groups in total. The maximum absolute atomic E-state index is 12.5. The fraction of sp³-hybridized carbons (Fsp3) is 0.389. The molecule has 9 heteroatoms. The minimum atomic E-state index is -3.51. The van der Waals surface area contributed by atoms with E-state index >= 15 is 0 Å². The van der Waals surface area contributed by atoms with E-state index in [1.54, 1.807) is 30.3 Å². The standard InChI is InChI=1S/C18H20N6O2S/c25-27(26,15-4-2-1-3-5-15)22-14-10-11-23(12-14)17-9-8-16-19-20-18(13-6-7-13)24(16)21-17/h1-5,8-9,13-14H,6-7,10-12H2,(H-,22,25,26).